The van der Waals surface area contributed by atoms with Crippen molar-refractivity contribution in [1.29, 1.82) is 0 Å². The van der Waals surface area contributed by atoms with Crippen molar-refractivity contribution in [3.8, 4) is 5.75 Å². The number of hydrogen-bond acceptors (Lipinski definition) is 3. The van der Waals surface area contributed by atoms with Crippen LogP contribution in [0.25, 0.3) is 21.9 Å². The number of ether oxygens (including phenoxy) is 1. The van der Waals surface area contributed by atoms with E-state index in [1.54, 1.807) is 6.07 Å². The first kappa shape index (κ1) is 17.1. The summed E-state index contributed by atoms with van der Waals surface area (Å²) in [4.78, 5) is 12.6. The van der Waals surface area contributed by atoms with Crippen LogP contribution in [0, 0.1) is 5.82 Å². The van der Waals surface area contributed by atoms with Crippen LogP contribution in [0.3, 0.4) is 0 Å². The van der Waals surface area contributed by atoms with Crippen LogP contribution in [-0.2, 0) is 4.79 Å². The fourth-order valence-corrected chi connectivity index (χ4v) is 3.03. The predicted molar refractivity (Wildman–Crippen MR) is 103 cm³/mol. The zero-order valence-corrected chi connectivity index (χ0v) is 14.7. The summed E-state index contributed by atoms with van der Waals surface area (Å²) in [6, 6.07) is 19.0. The van der Waals surface area contributed by atoms with Crippen LogP contribution >= 0.6 is 0 Å². The van der Waals surface area contributed by atoms with E-state index >= 15 is 0 Å². The zero-order valence-electron chi connectivity index (χ0n) is 14.7. The number of para-hydroxylation sites is 1. The van der Waals surface area contributed by atoms with E-state index in [4.69, 9.17) is 9.15 Å². The third-order valence-corrected chi connectivity index (χ3v) is 4.40. The molecule has 0 saturated heterocycles. The Balaban J connectivity index is 1.53. The maximum absolute atomic E-state index is 13.0. The van der Waals surface area contributed by atoms with Crippen molar-refractivity contribution in [2.24, 2.45) is 0 Å². The molecule has 1 amide bonds. The maximum atomic E-state index is 13.0. The molecule has 1 heterocycles. The third kappa shape index (κ3) is 3.49. The smallest absolute Gasteiger partial charge is 0.265 e. The van der Waals surface area contributed by atoms with Crippen molar-refractivity contribution in [1.82, 2.24) is 0 Å². The first-order valence-electron chi connectivity index (χ1n) is 8.78. The first-order valence-corrected chi connectivity index (χ1v) is 8.78. The zero-order chi connectivity index (χ0) is 18.8. The van der Waals surface area contributed by atoms with Crippen molar-refractivity contribution in [2.45, 2.75) is 19.4 Å². The van der Waals surface area contributed by atoms with E-state index in [2.05, 4.69) is 5.32 Å². The number of nitrogens with one attached hydrogen (secondary N) is 1. The highest BCUT2D eigenvalue weighted by Gasteiger charge is 2.19. The number of benzene rings is 3. The molecule has 5 heteroatoms. The molecule has 3 aromatic carbocycles. The number of halogens is 1. The van der Waals surface area contributed by atoms with E-state index in [1.807, 2.05) is 43.3 Å². The van der Waals surface area contributed by atoms with Gasteiger partial charge in [0.25, 0.3) is 5.91 Å². The summed E-state index contributed by atoms with van der Waals surface area (Å²) in [5, 5.41) is 4.90. The fraction of sp³-hybridized carbons (Fsp3) is 0.136. The Morgan fingerprint density at radius 1 is 1.04 bits per heavy atom. The molecule has 0 unspecified atom stereocenters. The Morgan fingerprint density at radius 3 is 2.56 bits per heavy atom. The number of carbonyl (C=O) groups is 1. The van der Waals surface area contributed by atoms with Gasteiger partial charge in [-0.1, -0.05) is 25.1 Å². The number of furan rings is 1. The van der Waals surface area contributed by atoms with Crippen molar-refractivity contribution in [3.05, 3.63) is 72.5 Å². The van der Waals surface area contributed by atoms with Gasteiger partial charge in [0.1, 0.15) is 22.7 Å². The molecular formula is C22H18FNO3. The van der Waals surface area contributed by atoms with Gasteiger partial charge in [-0.3, -0.25) is 4.79 Å². The van der Waals surface area contributed by atoms with Crippen LogP contribution in [0.4, 0.5) is 10.1 Å². The van der Waals surface area contributed by atoms with Crippen LogP contribution in [0.15, 0.2) is 71.1 Å². The topological polar surface area (TPSA) is 51.5 Å². The lowest BCUT2D eigenvalue weighted by Crippen LogP contribution is -2.32. The second kappa shape index (κ2) is 7.11. The van der Waals surface area contributed by atoms with E-state index < -0.39 is 6.10 Å². The van der Waals surface area contributed by atoms with Crippen LogP contribution < -0.4 is 10.1 Å². The van der Waals surface area contributed by atoms with Gasteiger partial charge in [-0.05, 0) is 48.9 Å². The van der Waals surface area contributed by atoms with E-state index in [-0.39, 0.29) is 11.7 Å². The molecule has 1 N–H and O–H groups in total. The summed E-state index contributed by atoms with van der Waals surface area (Å²) in [5.41, 5.74) is 2.15. The van der Waals surface area contributed by atoms with Crippen molar-refractivity contribution < 1.29 is 18.3 Å². The molecule has 27 heavy (non-hydrogen) atoms. The molecule has 0 aliphatic heterocycles. The second-order valence-corrected chi connectivity index (χ2v) is 6.27. The summed E-state index contributed by atoms with van der Waals surface area (Å²) in [6.07, 6.45) is -0.197. The highest BCUT2D eigenvalue weighted by atomic mass is 19.1. The minimum absolute atomic E-state index is 0.266. The van der Waals surface area contributed by atoms with Gasteiger partial charge < -0.3 is 14.5 Å². The van der Waals surface area contributed by atoms with E-state index in [1.165, 1.54) is 24.3 Å². The summed E-state index contributed by atoms with van der Waals surface area (Å²) in [5.74, 6) is -0.164. The number of carbonyl (C=O) groups excluding carboxylic acids is 1. The van der Waals surface area contributed by atoms with Gasteiger partial charge in [0, 0.05) is 22.5 Å². The van der Waals surface area contributed by atoms with Crippen molar-refractivity contribution >= 4 is 33.5 Å². The number of fused-ring (bicyclic) bond motifs is 3. The second-order valence-electron chi connectivity index (χ2n) is 6.27. The average Bonchev–Trinajstić information content (AvgIpc) is 3.05. The van der Waals surface area contributed by atoms with Gasteiger partial charge in [0.15, 0.2) is 6.10 Å². The monoisotopic (exact) mass is 363 g/mol. The van der Waals surface area contributed by atoms with Crippen LogP contribution in [0.5, 0.6) is 5.75 Å². The Bertz CT molecular complexity index is 1100. The Labute approximate surface area is 155 Å². The number of amides is 1. The standard InChI is InChI=1S/C22H18FNO3/c1-2-19(26-16-10-7-14(23)8-11-16)22(25)24-15-9-12-18-17-5-3-4-6-20(17)27-21(18)13-15/h3-13,19H,2H2,1H3,(H,24,25)/t19-/m0/s1. The van der Waals surface area contributed by atoms with E-state index in [0.717, 1.165) is 16.4 Å². The molecule has 1 aromatic heterocycles. The average molecular weight is 363 g/mol. The molecule has 0 saturated carbocycles. The van der Waals surface area contributed by atoms with Crippen molar-refractivity contribution in [3.63, 3.8) is 0 Å². The SMILES string of the molecule is CC[C@H](Oc1ccc(F)cc1)C(=O)Nc1ccc2c(c1)oc1ccccc12. The first-order chi connectivity index (χ1) is 13.1. The minimum atomic E-state index is -0.679. The molecule has 0 bridgehead atoms. The fourth-order valence-electron chi connectivity index (χ4n) is 3.03. The van der Waals surface area contributed by atoms with Crippen molar-refractivity contribution in [2.75, 3.05) is 5.32 Å². The Hall–Kier alpha value is -3.34. The molecule has 0 fully saturated rings. The Kier molecular flexibility index (Phi) is 4.50. The lowest BCUT2D eigenvalue weighted by molar-refractivity contribution is -0.122. The number of anilines is 1. The lowest BCUT2D eigenvalue weighted by Gasteiger charge is -2.17. The summed E-state index contributed by atoms with van der Waals surface area (Å²) >= 11 is 0. The highest BCUT2D eigenvalue weighted by molar-refractivity contribution is 6.06. The molecule has 0 aliphatic rings. The van der Waals surface area contributed by atoms with Crippen LogP contribution in [0.1, 0.15) is 13.3 Å². The summed E-state index contributed by atoms with van der Waals surface area (Å²) < 4.78 is 24.5. The molecule has 0 radical (unpaired) electrons. The lowest BCUT2D eigenvalue weighted by atomic mass is 10.1. The number of rotatable bonds is 5. The van der Waals surface area contributed by atoms with Gasteiger partial charge in [-0.15, -0.1) is 0 Å². The van der Waals surface area contributed by atoms with E-state index in [0.29, 0.717) is 23.4 Å². The predicted octanol–water partition coefficient (Wildman–Crippen LogP) is 5.52. The van der Waals surface area contributed by atoms with Crippen LogP contribution in [-0.4, -0.2) is 12.0 Å². The van der Waals surface area contributed by atoms with E-state index in [9.17, 15) is 9.18 Å². The quantitative estimate of drug-likeness (QED) is 0.508. The van der Waals surface area contributed by atoms with Gasteiger partial charge in [-0.2, -0.15) is 0 Å². The third-order valence-electron chi connectivity index (χ3n) is 4.40. The molecular weight excluding hydrogens is 345 g/mol. The van der Waals surface area contributed by atoms with Crippen LogP contribution in [0.2, 0.25) is 0 Å². The molecule has 0 spiro atoms. The maximum Gasteiger partial charge on any atom is 0.265 e. The van der Waals surface area contributed by atoms with Gasteiger partial charge in [0.2, 0.25) is 0 Å². The minimum Gasteiger partial charge on any atom is -0.481 e. The summed E-state index contributed by atoms with van der Waals surface area (Å²) in [7, 11) is 0. The number of hydrogen-bond donors (Lipinski definition) is 1. The molecule has 4 nitrogen and oxygen atoms in total. The summed E-state index contributed by atoms with van der Waals surface area (Å²) in [6.45, 7) is 1.86. The molecule has 0 aliphatic carbocycles. The van der Waals surface area contributed by atoms with Gasteiger partial charge in [0.05, 0.1) is 0 Å². The molecule has 4 rings (SSSR count). The Morgan fingerprint density at radius 2 is 1.78 bits per heavy atom. The molecule has 4 aromatic rings. The molecule has 1 atom stereocenters. The molecule has 136 valence electrons. The highest BCUT2D eigenvalue weighted by Crippen LogP contribution is 2.30. The normalized spacial score (nSPS) is 12.2. The van der Waals surface area contributed by atoms with Gasteiger partial charge >= 0.3 is 0 Å². The largest absolute Gasteiger partial charge is 0.481 e. The van der Waals surface area contributed by atoms with Gasteiger partial charge in [-0.25, -0.2) is 4.39 Å².